The molecule has 0 spiro atoms. The van der Waals surface area contributed by atoms with Gasteiger partial charge in [-0.2, -0.15) is 5.26 Å². The zero-order valence-corrected chi connectivity index (χ0v) is 14.8. The smallest absolute Gasteiger partial charge is 0.260 e. The SMILES string of the molecule is C[C@@H](c1nc2ccccc2s1)N(C)C(=O)COc1ccc(C#N)cc1. The Morgan fingerprint density at radius 3 is 2.68 bits per heavy atom. The van der Waals surface area contributed by atoms with Gasteiger partial charge in [0.25, 0.3) is 5.91 Å². The molecular formula is C19H17N3O2S. The zero-order valence-electron chi connectivity index (χ0n) is 14.0. The average molecular weight is 351 g/mol. The molecule has 0 radical (unpaired) electrons. The molecule has 0 saturated heterocycles. The first kappa shape index (κ1) is 16.9. The van der Waals surface area contributed by atoms with E-state index in [4.69, 9.17) is 10.00 Å². The highest BCUT2D eigenvalue weighted by Gasteiger charge is 2.21. The van der Waals surface area contributed by atoms with Gasteiger partial charge in [-0.3, -0.25) is 4.79 Å². The summed E-state index contributed by atoms with van der Waals surface area (Å²) >= 11 is 1.59. The maximum Gasteiger partial charge on any atom is 0.260 e. The van der Waals surface area contributed by atoms with E-state index < -0.39 is 0 Å². The minimum absolute atomic E-state index is 0.0579. The van der Waals surface area contributed by atoms with E-state index in [0.717, 1.165) is 15.2 Å². The molecule has 2 aromatic carbocycles. The number of hydrogen-bond donors (Lipinski definition) is 0. The van der Waals surface area contributed by atoms with Crippen LogP contribution in [0.25, 0.3) is 10.2 Å². The van der Waals surface area contributed by atoms with E-state index >= 15 is 0 Å². The summed E-state index contributed by atoms with van der Waals surface area (Å²) in [5.41, 5.74) is 1.50. The second-order valence-electron chi connectivity index (χ2n) is 5.63. The van der Waals surface area contributed by atoms with E-state index in [1.165, 1.54) is 0 Å². The summed E-state index contributed by atoms with van der Waals surface area (Å²) in [7, 11) is 1.75. The first-order valence-corrected chi connectivity index (χ1v) is 8.64. The summed E-state index contributed by atoms with van der Waals surface area (Å²) in [6.45, 7) is 1.90. The molecule has 1 amide bonds. The van der Waals surface area contributed by atoms with Gasteiger partial charge >= 0.3 is 0 Å². The second-order valence-corrected chi connectivity index (χ2v) is 6.69. The highest BCUT2D eigenvalue weighted by molar-refractivity contribution is 7.18. The largest absolute Gasteiger partial charge is 0.484 e. The molecule has 0 aliphatic carbocycles. The van der Waals surface area contributed by atoms with Crippen molar-refractivity contribution >= 4 is 27.5 Å². The van der Waals surface area contributed by atoms with Crippen molar-refractivity contribution in [1.29, 1.82) is 5.26 Å². The number of nitrogens with zero attached hydrogens (tertiary/aromatic N) is 3. The molecule has 0 fully saturated rings. The average Bonchev–Trinajstić information content (AvgIpc) is 3.09. The van der Waals surface area contributed by atoms with Crippen LogP contribution in [0.2, 0.25) is 0 Å². The number of rotatable bonds is 5. The number of para-hydroxylation sites is 1. The van der Waals surface area contributed by atoms with E-state index in [1.807, 2.05) is 37.3 Å². The van der Waals surface area contributed by atoms with Gasteiger partial charge in [0.15, 0.2) is 6.61 Å². The highest BCUT2D eigenvalue weighted by Crippen LogP contribution is 2.28. The molecule has 0 bridgehead atoms. The predicted molar refractivity (Wildman–Crippen MR) is 97.5 cm³/mol. The summed E-state index contributed by atoms with van der Waals surface area (Å²) in [6, 6.07) is 16.5. The maximum atomic E-state index is 12.4. The number of aromatic nitrogens is 1. The zero-order chi connectivity index (χ0) is 17.8. The summed E-state index contributed by atoms with van der Waals surface area (Å²) in [5.74, 6) is 0.435. The lowest BCUT2D eigenvalue weighted by Crippen LogP contribution is -2.33. The van der Waals surface area contributed by atoms with Gasteiger partial charge in [-0.05, 0) is 43.3 Å². The molecule has 25 heavy (non-hydrogen) atoms. The number of hydrogen-bond acceptors (Lipinski definition) is 5. The van der Waals surface area contributed by atoms with Gasteiger partial charge < -0.3 is 9.64 Å². The first-order valence-electron chi connectivity index (χ1n) is 7.82. The molecule has 0 N–H and O–H groups in total. The van der Waals surface area contributed by atoms with Crippen molar-refractivity contribution < 1.29 is 9.53 Å². The van der Waals surface area contributed by atoms with E-state index in [-0.39, 0.29) is 18.6 Å². The monoisotopic (exact) mass is 351 g/mol. The lowest BCUT2D eigenvalue weighted by molar-refractivity contribution is -0.134. The van der Waals surface area contributed by atoms with E-state index in [0.29, 0.717) is 11.3 Å². The molecule has 0 unspecified atom stereocenters. The van der Waals surface area contributed by atoms with Gasteiger partial charge in [0.1, 0.15) is 10.8 Å². The number of likely N-dealkylation sites (N-methyl/N-ethyl adjacent to an activating group) is 1. The normalized spacial score (nSPS) is 11.7. The van der Waals surface area contributed by atoms with Crippen LogP contribution in [0.1, 0.15) is 23.5 Å². The third-order valence-corrected chi connectivity index (χ3v) is 5.19. The predicted octanol–water partition coefficient (Wildman–Crippen LogP) is 3.77. The van der Waals surface area contributed by atoms with Crippen molar-refractivity contribution in [3.63, 3.8) is 0 Å². The molecule has 3 aromatic rings. The van der Waals surface area contributed by atoms with Crippen LogP contribution in [0.15, 0.2) is 48.5 Å². The van der Waals surface area contributed by atoms with Crippen LogP contribution in [0, 0.1) is 11.3 Å². The summed E-state index contributed by atoms with van der Waals surface area (Å²) in [5, 5.41) is 9.68. The maximum absolute atomic E-state index is 12.4. The molecule has 6 heteroatoms. The molecule has 3 rings (SSSR count). The van der Waals surface area contributed by atoms with E-state index in [9.17, 15) is 4.79 Å². The van der Waals surface area contributed by atoms with Crippen LogP contribution in [-0.2, 0) is 4.79 Å². The Labute approximate surface area is 150 Å². The van der Waals surface area contributed by atoms with Gasteiger partial charge in [0.05, 0.1) is 27.9 Å². The van der Waals surface area contributed by atoms with E-state index in [1.54, 1.807) is 47.5 Å². The Bertz CT molecular complexity index is 895. The number of nitriles is 1. The fourth-order valence-corrected chi connectivity index (χ4v) is 3.39. The Balaban J connectivity index is 1.63. The van der Waals surface area contributed by atoms with Gasteiger partial charge in [0, 0.05) is 7.05 Å². The fourth-order valence-electron chi connectivity index (χ4n) is 2.32. The van der Waals surface area contributed by atoms with Crippen molar-refractivity contribution in [2.45, 2.75) is 13.0 Å². The third-order valence-electron chi connectivity index (χ3n) is 3.99. The van der Waals surface area contributed by atoms with Crippen molar-refractivity contribution in [1.82, 2.24) is 9.88 Å². The molecule has 5 nitrogen and oxygen atoms in total. The number of carbonyl (C=O) groups excluding carboxylic acids is 1. The van der Waals surface area contributed by atoms with Gasteiger partial charge in [-0.25, -0.2) is 4.98 Å². The van der Waals surface area contributed by atoms with Gasteiger partial charge in [0.2, 0.25) is 0 Å². The Kier molecular flexibility index (Phi) is 4.96. The standard InChI is InChI=1S/C19H17N3O2S/c1-13(19-21-16-5-3-4-6-17(16)25-19)22(2)18(23)12-24-15-9-7-14(11-20)8-10-15/h3-10,13H,12H2,1-2H3/t13-/m0/s1. The molecule has 126 valence electrons. The minimum atomic E-state index is -0.130. The molecule has 0 saturated carbocycles. The molecule has 1 aromatic heterocycles. The number of thiazole rings is 1. The number of amides is 1. The Morgan fingerprint density at radius 1 is 1.28 bits per heavy atom. The first-order chi connectivity index (χ1) is 12.1. The Hall–Kier alpha value is -2.91. The second kappa shape index (κ2) is 7.32. The van der Waals surface area contributed by atoms with Crippen LogP contribution in [0.4, 0.5) is 0 Å². The van der Waals surface area contributed by atoms with E-state index in [2.05, 4.69) is 4.98 Å². The fraction of sp³-hybridized carbons (Fsp3) is 0.211. The number of fused-ring (bicyclic) bond motifs is 1. The van der Waals surface area contributed by atoms with Crippen LogP contribution in [0.5, 0.6) is 5.75 Å². The molecular weight excluding hydrogens is 334 g/mol. The third kappa shape index (κ3) is 3.78. The van der Waals surface area contributed by atoms with Crippen molar-refractivity contribution in [3.8, 4) is 11.8 Å². The van der Waals surface area contributed by atoms with Crippen LogP contribution in [-0.4, -0.2) is 29.4 Å². The van der Waals surface area contributed by atoms with Crippen molar-refractivity contribution in [3.05, 3.63) is 59.1 Å². The van der Waals surface area contributed by atoms with Crippen molar-refractivity contribution in [2.75, 3.05) is 13.7 Å². The van der Waals surface area contributed by atoms with Crippen LogP contribution >= 0.6 is 11.3 Å². The van der Waals surface area contributed by atoms with Crippen LogP contribution in [0.3, 0.4) is 0 Å². The number of benzene rings is 2. The Morgan fingerprint density at radius 2 is 2.00 bits per heavy atom. The molecule has 1 heterocycles. The molecule has 1 atom stereocenters. The van der Waals surface area contributed by atoms with Crippen molar-refractivity contribution in [2.24, 2.45) is 0 Å². The highest BCUT2D eigenvalue weighted by atomic mass is 32.1. The topological polar surface area (TPSA) is 66.2 Å². The van der Waals surface area contributed by atoms with Gasteiger partial charge in [-0.1, -0.05) is 12.1 Å². The molecule has 0 aliphatic rings. The summed E-state index contributed by atoms with van der Waals surface area (Å²) in [6.07, 6.45) is 0. The molecule has 0 aliphatic heterocycles. The minimum Gasteiger partial charge on any atom is -0.484 e. The summed E-state index contributed by atoms with van der Waals surface area (Å²) in [4.78, 5) is 18.6. The summed E-state index contributed by atoms with van der Waals surface area (Å²) < 4.78 is 6.63. The van der Waals surface area contributed by atoms with Crippen LogP contribution < -0.4 is 4.74 Å². The quantitative estimate of drug-likeness (QED) is 0.702. The number of carbonyl (C=O) groups is 1. The lowest BCUT2D eigenvalue weighted by atomic mass is 10.2. The number of ether oxygens (including phenoxy) is 1. The van der Waals surface area contributed by atoms with Gasteiger partial charge in [-0.15, -0.1) is 11.3 Å². The lowest BCUT2D eigenvalue weighted by Gasteiger charge is -2.23.